The topological polar surface area (TPSA) is 123 Å². The molecule has 0 saturated heterocycles. The fraction of sp³-hybridized carbons (Fsp3) is 0.231. The molecule has 0 amide bonds. The number of carboxylic acid groups (broad SMARTS) is 1. The smallest absolute Gasteiger partial charge is 0.335 e. The molecule has 0 aliphatic heterocycles. The lowest BCUT2D eigenvalue weighted by molar-refractivity contribution is 0.0696. The van der Waals surface area contributed by atoms with E-state index in [0.717, 1.165) is 22.8 Å². The molecular weight excluding hydrogens is 444 g/mol. The summed E-state index contributed by atoms with van der Waals surface area (Å²) in [6.45, 7) is 6.13. The van der Waals surface area contributed by atoms with Crippen molar-refractivity contribution in [3.63, 3.8) is 0 Å². The van der Waals surface area contributed by atoms with Crippen LogP contribution in [0.3, 0.4) is 0 Å². The Labute approximate surface area is 203 Å². The molecule has 0 aliphatic carbocycles. The van der Waals surface area contributed by atoms with E-state index < -0.39 is 5.97 Å². The summed E-state index contributed by atoms with van der Waals surface area (Å²) in [5, 5.41) is 20.3. The first kappa shape index (κ1) is 25.2. The predicted octanol–water partition coefficient (Wildman–Crippen LogP) is 4.60. The Morgan fingerprint density at radius 2 is 1.77 bits per heavy atom. The lowest BCUT2D eigenvalue weighted by Crippen LogP contribution is -2.07. The molecule has 4 aromatic rings. The number of Topliss-reactive ketones (excluding diaryl/α,β-unsaturated/α-hetero) is 1. The van der Waals surface area contributed by atoms with Crippen molar-refractivity contribution >= 4 is 17.4 Å². The molecular formula is C26H28N6O3. The van der Waals surface area contributed by atoms with Crippen molar-refractivity contribution in [1.82, 2.24) is 24.7 Å². The summed E-state index contributed by atoms with van der Waals surface area (Å²) in [7, 11) is 1.89. The summed E-state index contributed by atoms with van der Waals surface area (Å²) >= 11 is 0. The summed E-state index contributed by atoms with van der Waals surface area (Å²) in [6.07, 6.45) is 3.15. The third-order valence-electron chi connectivity index (χ3n) is 5.30. The number of ketones is 1. The minimum Gasteiger partial charge on any atom is -0.478 e. The van der Waals surface area contributed by atoms with Crippen molar-refractivity contribution in [3.8, 4) is 11.5 Å². The molecule has 2 heterocycles. The summed E-state index contributed by atoms with van der Waals surface area (Å²) in [6, 6.07) is 16.2. The van der Waals surface area contributed by atoms with Gasteiger partial charge in [0.1, 0.15) is 12.0 Å². The summed E-state index contributed by atoms with van der Waals surface area (Å²) in [5.41, 5.74) is 3.69. The molecule has 0 spiro atoms. The van der Waals surface area contributed by atoms with Crippen LogP contribution in [0.1, 0.15) is 58.8 Å². The van der Waals surface area contributed by atoms with Crippen molar-refractivity contribution in [2.45, 2.75) is 33.2 Å². The number of hydrogen-bond acceptors (Lipinski definition) is 7. The largest absolute Gasteiger partial charge is 0.478 e. The van der Waals surface area contributed by atoms with E-state index in [0.29, 0.717) is 29.4 Å². The van der Waals surface area contributed by atoms with E-state index >= 15 is 0 Å². The number of hydrogen-bond donors (Lipinski definition) is 2. The van der Waals surface area contributed by atoms with Crippen LogP contribution in [0, 0.1) is 0 Å². The molecule has 2 aromatic carbocycles. The van der Waals surface area contributed by atoms with E-state index in [1.54, 1.807) is 43.5 Å². The van der Waals surface area contributed by atoms with Gasteiger partial charge < -0.3 is 15.0 Å². The standard InChI is InChI=1S/C16H16N6O.C10H12O2/c1-11(23)12-4-3-5-13(8-12)18-9-15-20-21-16(22(15)2)14-6-7-17-10-19-14;1-7(2)8-4-3-5-9(6-8)10(11)12/h3-8,10,18H,9H2,1-2H3;3-7H,1-2H3,(H,11,12). The highest BCUT2D eigenvalue weighted by Crippen LogP contribution is 2.16. The zero-order chi connectivity index (χ0) is 25.4. The first-order valence-corrected chi connectivity index (χ1v) is 11.1. The van der Waals surface area contributed by atoms with E-state index in [-0.39, 0.29) is 5.78 Å². The zero-order valence-electron chi connectivity index (χ0n) is 20.1. The Morgan fingerprint density at radius 1 is 1.03 bits per heavy atom. The third-order valence-corrected chi connectivity index (χ3v) is 5.30. The van der Waals surface area contributed by atoms with Crippen LogP contribution < -0.4 is 5.32 Å². The molecule has 0 saturated carbocycles. The summed E-state index contributed by atoms with van der Waals surface area (Å²) < 4.78 is 1.88. The van der Waals surface area contributed by atoms with Gasteiger partial charge in [0.2, 0.25) is 0 Å². The van der Waals surface area contributed by atoms with Gasteiger partial charge in [-0.25, -0.2) is 14.8 Å². The molecule has 2 aromatic heterocycles. The molecule has 0 atom stereocenters. The SMILES string of the molecule is CC(=O)c1cccc(NCc2nnc(-c3ccncn3)n2C)c1.CC(C)c1cccc(C(=O)O)c1. The van der Waals surface area contributed by atoms with Gasteiger partial charge in [0, 0.05) is 24.5 Å². The van der Waals surface area contributed by atoms with Crippen LogP contribution in [0.4, 0.5) is 5.69 Å². The maximum Gasteiger partial charge on any atom is 0.335 e. The van der Waals surface area contributed by atoms with Crippen LogP contribution in [0.2, 0.25) is 0 Å². The van der Waals surface area contributed by atoms with Gasteiger partial charge in [0.25, 0.3) is 0 Å². The molecule has 9 nitrogen and oxygen atoms in total. The number of carboxylic acids is 1. The molecule has 0 aliphatic rings. The fourth-order valence-corrected chi connectivity index (χ4v) is 3.22. The van der Waals surface area contributed by atoms with E-state index in [1.165, 1.54) is 6.33 Å². The molecule has 180 valence electrons. The molecule has 0 radical (unpaired) electrons. The number of nitrogens with zero attached hydrogens (tertiary/aromatic N) is 5. The van der Waals surface area contributed by atoms with Crippen LogP contribution in [-0.2, 0) is 13.6 Å². The molecule has 4 rings (SSSR count). The highest BCUT2D eigenvalue weighted by atomic mass is 16.4. The molecule has 0 fully saturated rings. The Balaban J connectivity index is 0.000000241. The number of aromatic nitrogens is 5. The molecule has 0 bridgehead atoms. The second-order valence-corrected chi connectivity index (χ2v) is 8.17. The molecule has 2 N–H and O–H groups in total. The average molecular weight is 473 g/mol. The van der Waals surface area contributed by atoms with Gasteiger partial charge in [-0.15, -0.1) is 10.2 Å². The van der Waals surface area contributed by atoms with Gasteiger partial charge in [0.05, 0.1) is 12.1 Å². The first-order chi connectivity index (χ1) is 16.8. The second-order valence-electron chi connectivity index (χ2n) is 8.17. The molecule has 35 heavy (non-hydrogen) atoms. The summed E-state index contributed by atoms with van der Waals surface area (Å²) in [5.74, 6) is 1.01. The minimum atomic E-state index is -0.863. The van der Waals surface area contributed by atoms with Gasteiger partial charge in [-0.3, -0.25) is 4.79 Å². The monoisotopic (exact) mass is 472 g/mol. The van der Waals surface area contributed by atoms with Crippen molar-refractivity contribution in [2.24, 2.45) is 7.05 Å². The van der Waals surface area contributed by atoms with Crippen LogP contribution >= 0.6 is 0 Å². The highest BCUT2D eigenvalue weighted by molar-refractivity contribution is 5.94. The van der Waals surface area contributed by atoms with E-state index in [9.17, 15) is 9.59 Å². The van der Waals surface area contributed by atoms with Crippen molar-refractivity contribution in [3.05, 3.63) is 89.6 Å². The van der Waals surface area contributed by atoms with E-state index in [1.807, 2.05) is 49.7 Å². The number of rotatable bonds is 7. The van der Waals surface area contributed by atoms with Crippen molar-refractivity contribution < 1.29 is 14.7 Å². The molecule has 0 unspecified atom stereocenters. The first-order valence-electron chi connectivity index (χ1n) is 11.1. The Hall–Kier alpha value is -4.40. The predicted molar refractivity (Wildman–Crippen MR) is 133 cm³/mol. The van der Waals surface area contributed by atoms with Crippen LogP contribution in [0.15, 0.2) is 67.1 Å². The Morgan fingerprint density at radius 3 is 2.43 bits per heavy atom. The van der Waals surface area contributed by atoms with Crippen LogP contribution in [0.5, 0.6) is 0 Å². The lowest BCUT2D eigenvalue weighted by Gasteiger charge is -2.07. The normalized spacial score (nSPS) is 10.4. The number of aromatic carboxylic acids is 1. The number of carbonyl (C=O) groups excluding carboxylic acids is 1. The van der Waals surface area contributed by atoms with Crippen molar-refractivity contribution in [2.75, 3.05) is 5.32 Å². The van der Waals surface area contributed by atoms with Crippen LogP contribution in [-0.4, -0.2) is 41.6 Å². The second kappa shape index (κ2) is 11.6. The van der Waals surface area contributed by atoms with Gasteiger partial charge in [0.15, 0.2) is 17.4 Å². The van der Waals surface area contributed by atoms with Gasteiger partial charge in [-0.05, 0) is 48.7 Å². The number of carbonyl (C=O) groups is 2. The highest BCUT2D eigenvalue weighted by Gasteiger charge is 2.11. The third kappa shape index (κ3) is 6.80. The maximum atomic E-state index is 11.4. The van der Waals surface area contributed by atoms with Crippen molar-refractivity contribution in [1.29, 1.82) is 0 Å². The van der Waals surface area contributed by atoms with E-state index in [2.05, 4.69) is 25.5 Å². The molecule has 9 heteroatoms. The minimum absolute atomic E-state index is 0.0401. The Kier molecular flexibility index (Phi) is 8.39. The van der Waals surface area contributed by atoms with Gasteiger partial charge >= 0.3 is 5.97 Å². The Bertz CT molecular complexity index is 1300. The summed E-state index contributed by atoms with van der Waals surface area (Å²) in [4.78, 5) is 30.1. The number of benzene rings is 2. The number of nitrogens with one attached hydrogen (secondary N) is 1. The van der Waals surface area contributed by atoms with E-state index in [4.69, 9.17) is 5.11 Å². The quantitative estimate of drug-likeness (QED) is 0.374. The van der Waals surface area contributed by atoms with Crippen LogP contribution in [0.25, 0.3) is 11.5 Å². The van der Waals surface area contributed by atoms with Gasteiger partial charge in [-0.2, -0.15) is 0 Å². The lowest BCUT2D eigenvalue weighted by atomic mass is 10.0. The maximum absolute atomic E-state index is 11.4. The van der Waals surface area contributed by atoms with Gasteiger partial charge in [-0.1, -0.05) is 38.1 Å². The average Bonchev–Trinajstić information content (AvgIpc) is 3.24. The fourth-order valence-electron chi connectivity index (χ4n) is 3.22. The zero-order valence-corrected chi connectivity index (χ0v) is 20.1. The number of anilines is 1.